The van der Waals surface area contributed by atoms with Crippen LogP contribution in [-0.4, -0.2) is 15.0 Å². The molecule has 0 aliphatic heterocycles. The summed E-state index contributed by atoms with van der Waals surface area (Å²) in [5.74, 6) is 0.171. The molecule has 6 heteroatoms. The number of hydrogen-bond donors (Lipinski definition) is 1. The van der Waals surface area contributed by atoms with Crippen LogP contribution in [0.2, 0.25) is 5.15 Å². The smallest absolute Gasteiger partial charge is 0.222 e. The van der Waals surface area contributed by atoms with Crippen molar-refractivity contribution in [2.45, 2.75) is 23.9 Å². The highest BCUT2D eigenvalue weighted by atomic mass is 35.5. The van der Waals surface area contributed by atoms with Crippen LogP contribution in [0.15, 0.2) is 28.3 Å². The molecule has 0 saturated carbocycles. The summed E-state index contributed by atoms with van der Waals surface area (Å²) in [6.45, 7) is 3.98. The quantitative estimate of drug-likeness (QED) is 0.847. The molecule has 0 atom stereocenters. The Bertz CT molecular complexity index is 469. The first-order valence-electron chi connectivity index (χ1n) is 4.96. The number of nitrogens with two attached hydrogens (primary N) is 1. The molecule has 2 N–H and O–H groups in total. The Labute approximate surface area is 109 Å². The average molecular weight is 267 g/mol. The van der Waals surface area contributed by atoms with E-state index in [4.69, 9.17) is 17.3 Å². The van der Waals surface area contributed by atoms with Crippen LogP contribution < -0.4 is 5.73 Å². The zero-order valence-corrected chi connectivity index (χ0v) is 11.0. The Morgan fingerprint density at radius 3 is 2.41 bits per heavy atom. The molecular formula is C11H11ClN4S. The summed E-state index contributed by atoms with van der Waals surface area (Å²) >= 11 is 7.23. The molecule has 2 aromatic heterocycles. The third-order valence-electron chi connectivity index (χ3n) is 1.97. The van der Waals surface area contributed by atoms with Crippen molar-refractivity contribution in [3.8, 4) is 0 Å². The van der Waals surface area contributed by atoms with Crippen molar-refractivity contribution >= 4 is 29.3 Å². The maximum atomic E-state index is 5.81. The predicted octanol–water partition coefficient (Wildman–Crippen LogP) is 2.88. The summed E-state index contributed by atoms with van der Waals surface area (Å²) in [7, 11) is 0. The van der Waals surface area contributed by atoms with E-state index in [1.54, 1.807) is 6.07 Å². The van der Waals surface area contributed by atoms with Gasteiger partial charge in [-0.15, -0.1) is 0 Å². The predicted molar refractivity (Wildman–Crippen MR) is 69.3 cm³/mol. The van der Waals surface area contributed by atoms with Gasteiger partial charge in [0.25, 0.3) is 0 Å². The zero-order valence-electron chi connectivity index (χ0n) is 9.44. The maximum Gasteiger partial charge on any atom is 0.222 e. The van der Waals surface area contributed by atoms with E-state index in [0.29, 0.717) is 10.2 Å². The van der Waals surface area contributed by atoms with Crippen molar-refractivity contribution < 1.29 is 0 Å². The molecule has 0 bridgehead atoms. The molecule has 2 heterocycles. The fourth-order valence-electron chi connectivity index (χ4n) is 1.43. The molecule has 0 aromatic carbocycles. The first-order chi connectivity index (χ1) is 8.02. The summed E-state index contributed by atoms with van der Waals surface area (Å²) < 4.78 is 0. The lowest BCUT2D eigenvalue weighted by Gasteiger charge is -2.04. The molecule has 0 fully saturated rings. The number of pyridine rings is 1. The van der Waals surface area contributed by atoms with E-state index in [0.717, 1.165) is 16.3 Å². The lowest BCUT2D eigenvalue weighted by atomic mass is 10.3. The highest BCUT2D eigenvalue weighted by Gasteiger charge is 2.05. The van der Waals surface area contributed by atoms with Crippen molar-refractivity contribution in [3.05, 3.63) is 34.6 Å². The Morgan fingerprint density at radius 2 is 1.76 bits per heavy atom. The van der Waals surface area contributed by atoms with Gasteiger partial charge in [-0.3, -0.25) is 0 Å². The Balaban J connectivity index is 2.31. The third-order valence-corrected chi connectivity index (χ3v) is 3.00. The van der Waals surface area contributed by atoms with Crippen LogP contribution in [0, 0.1) is 13.8 Å². The number of aromatic nitrogens is 3. The van der Waals surface area contributed by atoms with Gasteiger partial charge in [-0.25, -0.2) is 15.0 Å². The van der Waals surface area contributed by atoms with Crippen LogP contribution >= 0.6 is 23.4 Å². The van der Waals surface area contributed by atoms with Gasteiger partial charge in [-0.1, -0.05) is 11.6 Å². The van der Waals surface area contributed by atoms with E-state index in [-0.39, 0.29) is 5.95 Å². The molecule has 0 aliphatic carbocycles. The summed E-state index contributed by atoms with van der Waals surface area (Å²) in [5, 5.41) is 1.90. The van der Waals surface area contributed by atoms with Crippen molar-refractivity contribution in [3.63, 3.8) is 0 Å². The van der Waals surface area contributed by atoms with Crippen molar-refractivity contribution in [1.82, 2.24) is 15.0 Å². The second-order valence-corrected chi connectivity index (χ2v) is 5.04. The molecule has 4 nitrogen and oxygen atoms in total. The van der Waals surface area contributed by atoms with Crippen molar-refractivity contribution in [1.29, 1.82) is 0 Å². The second-order valence-electron chi connectivity index (χ2n) is 3.61. The molecule has 2 rings (SSSR count). The van der Waals surface area contributed by atoms with E-state index < -0.39 is 0 Å². The van der Waals surface area contributed by atoms with E-state index in [2.05, 4.69) is 15.0 Å². The monoisotopic (exact) mass is 266 g/mol. The largest absolute Gasteiger partial charge is 0.368 e. The van der Waals surface area contributed by atoms with Crippen LogP contribution in [0.25, 0.3) is 0 Å². The van der Waals surface area contributed by atoms with Gasteiger partial charge in [0.15, 0.2) is 0 Å². The molecule has 0 aliphatic rings. The van der Waals surface area contributed by atoms with Gasteiger partial charge in [0, 0.05) is 11.8 Å². The zero-order chi connectivity index (χ0) is 12.4. The number of halogens is 1. The molecule has 0 spiro atoms. The minimum Gasteiger partial charge on any atom is -0.368 e. The van der Waals surface area contributed by atoms with Crippen molar-refractivity contribution in [2.24, 2.45) is 0 Å². The number of nitrogen functional groups attached to an aromatic ring is 1. The van der Waals surface area contributed by atoms with Gasteiger partial charge >= 0.3 is 0 Å². The topological polar surface area (TPSA) is 64.7 Å². The number of rotatable bonds is 2. The minimum atomic E-state index is 0.171. The van der Waals surface area contributed by atoms with Crippen LogP contribution in [0.4, 0.5) is 5.95 Å². The van der Waals surface area contributed by atoms with Gasteiger partial charge in [-0.05, 0) is 43.3 Å². The van der Waals surface area contributed by atoms with Gasteiger partial charge < -0.3 is 5.73 Å². The number of anilines is 1. The van der Waals surface area contributed by atoms with E-state index in [9.17, 15) is 0 Å². The lowest BCUT2D eigenvalue weighted by molar-refractivity contribution is 1.02. The summed E-state index contributed by atoms with van der Waals surface area (Å²) in [6, 6.07) is 5.68. The SMILES string of the molecule is Cc1cc(C)nc(Sc2cc(Cl)nc(N)n2)c1. The van der Waals surface area contributed by atoms with Crippen LogP contribution in [-0.2, 0) is 0 Å². The molecule has 0 unspecified atom stereocenters. The lowest BCUT2D eigenvalue weighted by Crippen LogP contribution is -1.96. The van der Waals surface area contributed by atoms with Crippen molar-refractivity contribution in [2.75, 3.05) is 5.73 Å². The van der Waals surface area contributed by atoms with E-state index in [1.165, 1.54) is 11.8 Å². The molecule has 0 saturated heterocycles. The molecule has 2 aromatic rings. The van der Waals surface area contributed by atoms with Gasteiger partial charge in [0.05, 0.1) is 0 Å². The Morgan fingerprint density at radius 1 is 1.06 bits per heavy atom. The third kappa shape index (κ3) is 3.31. The van der Waals surface area contributed by atoms with Crippen LogP contribution in [0.3, 0.4) is 0 Å². The standard InChI is InChI=1S/C11H11ClN4S/c1-6-3-7(2)14-9(4-6)17-10-5-8(12)15-11(13)16-10/h3-5H,1-2H3,(H2,13,15,16). The number of aryl methyl sites for hydroxylation is 2. The van der Waals surface area contributed by atoms with E-state index >= 15 is 0 Å². The molecule has 0 amide bonds. The first-order valence-corrected chi connectivity index (χ1v) is 6.15. The molecular weight excluding hydrogens is 256 g/mol. The minimum absolute atomic E-state index is 0.171. The molecule has 88 valence electrons. The Kier molecular flexibility index (Phi) is 3.49. The highest BCUT2D eigenvalue weighted by molar-refractivity contribution is 7.99. The van der Waals surface area contributed by atoms with E-state index in [1.807, 2.05) is 26.0 Å². The normalized spacial score (nSPS) is 10.5. The molecule has 17 heavy (non-hydrogen) atoms. The molecule has 0 radical (unpaired) electrons. The van der Waals surface area contributed by atoms with Gasteiger partial charge in [-0.2, -0.15) is 0 Å². The van der Waals surface area contributed by atoms with Gasteiger partial charge in [0.2, 0.25) is 5.95 Å². The maximum absolute atomic E-state index is 5.81. The average Bonchev–Trinajstić information content (AvgIpc) is 2.13. The summed E-state index contributed by atoms with van der Waals surface area (Å²) in [6.07, 6.45) is 0. The van der Waals surface area contributed by atoms with Gasteiger partial charge in [0.1, 0.15) is 15.2 Å². The fourth-order valence-corrected chi connectivity index (χ4v) is 2.64. The second kappa shape index (κ2) is 4.89. The summed E-state index contributed by atoms with van der Waals surface area (Å²) in [5.41, 5.74) is 7.67. The summed E-state index contributed by atoms with van der Waals surface area (Å²) in [4.78, 5) is 12.3. The Hall–Kier alpha value is -1.33. The van der Waals surface area contributed by atoms with Crippen LogP contribution in [0.1, 0.15) is 11.3 Å². The number of hydrogen-bond acceptors (Lipinski definition) is 5. The number of nitrogens with zero attached hydrogens (tertiary/aromatic N) is 3. The first kappa shape index (κ1) is 12.1. The van der Waals surface area contributed by atoms with Crippen LogP contribution in [0.5, 0.6) is 0 Å². The fraction of sp³-hybridized carbons (Fsp3) is 0.182. The highest BCUT2D eigenvalue weighted by Crippen LogP contribution is 2.27.